The summed E-state index contributed by atoms with van der Waals surface area (Å²) in [4.78, 5) is 10.6. The molecule has 0 amide bonds. The molecular formula is C20H21F3N4O. The van der Waals surface area contributed by atoms with Crippen LogP contribution in [-0.2, 0) is 19.1 Å². The largest absolute Gasteiger partial charge is 0.417 e. The van der Waals surface area contributed by atoms with Crippen molar-refractivity contribution in [3.05, 3.63) is 53.1 Å². The van der Waals surface area contributed by atoms with Crippen LogP contribution in [0.3, 0.4) is 0 Å². The molecule has 0 atom stereocenters. The van der Waals surface area contributed by atoms with Crippen LogP contribution in [0.25, 0.3) is 11.1 Å². The first-order valence-corrected chi connectivity index (χ1v) is 9.43. The van der Waals surface area contributed by atoms with Crippen molar-refractivity contribution in [2.24, 2.45) is 0 Å². The molecule has 0 N–H and O–H groups in total. The number of fused-ring (bicyclic) bond motifs is 1. The summed E-state index contributed by atoms with van der Waals surface area (Å²) in [5.41, 5.74) is 1.17. The smallest absolute Gasteiger partial charge is 0.336 e. The molecule has 28 heavy (non-hydrogen) atoms. The Morgan fingerprint density at radius 2 is 2.04 bits per heavy atom. The number of alkyl halides is 3. The van der Waals surface area contributed by atoms with Gasteiger partial charge < -0.3 is 4.52 Å². The van der Waals surface area contributed by atoms with Crippen LogP contribution < -0.4 is 0 Å². The Hall–Kier alpha value is -2.48. The van der Waals surface area contributed by atoms with Gasteiger partial charge in [-0.3, -0.25) is 9.88 Å². The molecular weight excluding hydrogens is 369 g/mol. The van der Waals surface area contributed by atoms with Crippen molar-refractivity contribution in [3.63, 3.8) is 0 Å². The first-order chi connectivity index (χ1) is 13.5. The van der Waals surface area contributed by atoms with Crippen LogP contribution in [0.2, 0.25) is 0 Å². The molecule has 1 aliphatic heterocycles. The van der Waals surface area contributed by atoms with Gasteiger partial charge in [-0.2, -0.15) is 13.2 Å². The van der Waals surface area contributed by atoms with E-state index < -0.39 is 11.7 Å². The van der Waals surface area contributed by atoms with Gasteiger partial charge in [-0.25, -0.2) is 4.98 Å². The lowest BCUT2D eigenvalue weighted by atomic mass is 9.90. The van der Waals surface area contributed by atoms with Gasteiger partial charge in [0.2, 0.25) is 0 Å². The van der Waals surface area contributed by atoms with Crippen molar-refractivity contribution in [2.75, 3.05) is 13.1 Å². The Labute approximate surface area is 160 Å². The molecule has 1 aliphatic rings. The number of hydrogen-bond acceptors (Lipinski definition) is 5. The van der Waals surface area contributed by atoms with Gasteiger partial charge in [-0.15, -0.1) is 0 Å². The van der Waals surface area contributed by atoms with Gasteiger partial charge >= 0.3 is 6.18 Å². The summed E-state index contributed by atoms with van der Waals surface area (Å²) in [5.74, 6) is -0.0678. The third-order valence-corrected chi connectivity index (χ3v) is 5.30. The van der Waals surface area contributed by atoms with Crippen molar-refractivity contribution < 1.29 is 17.7 Å². The zero-order valence-corrected chi connectivity index (χ0v) is 15.5. The van der Waals surface area contributed by atoms with Gasteiger partial charge in [0.15, 0.2) is 0 Å². The SMILES string of the molecule is CCc1cc(C(F)(F)F)c2c(C3CCN(Cc4cccnc4)CC3)noc2n1. The molecule has 1 saturated heterocycles. The van der Waals surface area contributed by atoms with E-state index >= 15 is 0 Å². The first kappa shape index (κ1) is 18.9. The summed E-state index contributed by atoms with van der Waals surface area (Å²) in [5, 5.41) is 4.04. The van der Waals surface area contributed by atoms with Crippen molar-refractivity contribution in [3.8, 4) is 0 Å². The number of likely N-dealkylation sites (tertiary alicyclic amines) is 1. The predicted molar refractivity (Wildman–Crippen MR) is 97.7 cm³/mol. The highest BCUT2D eigenvalue weighted by molar-refractivity contribution is 5.81. The van der Waals surface area contributed by atoms with E-state index in [0.29, 0.717) is 17.8 Å². The molecule has 3 aromatic heterocycles. The van der Waals surface area contributed by atoms with E-state index in [-0.39, 0.29) is 17.0 Å². The maximum atomic E-state index is 13.7. The number of aryl methyl sites for hydroxylation is 1. The third kappa shape index (κ3) is 3.73. The van der Waals surface area contributed by atoms with E-state index in [1.54, 1.807) is 13.1 Å². The van der Waals surface area contributed by atoms with Crippen molar-refractivity contribution in [1.29, 1.82) is 0 Å². The van der Waals surface area contributed by atoms with Crippen molar-refractivity contribution in [1.82, 2.24) is 20.0 Å². The zero-order chi connectivity index (χ0) is 19.7. The van der Waals surface area contributed by atoms with Gasteiger partial charge in [0, 0.05) is 30.6 Å². The summed E-state index contributed by atoms with van der Waals surface area (Å²) in [7, 11) is 0. The highest BCUT2D eigenvalue weighted by Crippen LogP contribution is 2.40. The van der Waals surface area contributed by atoms with Gasteiger partial charge in [0.25, 0.3) is 5.71 Å². The lowest BCUT2D eigenvalue weighted by molar-refractivity contribution is -0.136. The lowest BCUT2D eigenvalue weighted by Gasteiger charge is -2.31. The van der Waals surface area contributed by atoms with Gasteiger partial charge in [-0.05, 0) is 50.0 Å². The molecule has 148 valence electrons. The van der Waals surface area contributed by atoms with Crippen LogP contribution in [0.15, 0.2) is 35.1 Å². The quantitative estimate of drug-likeness (QED) is 0.653. The predicted octanol–water partition coefficient (Wildman–Crippen LogP) is 4.58. The summed E-state index contributed by atoms with van der Waals surface area (Å²) < 4.78 is 46.2. The minimum Gasteiger partial charge on any atom is -0.336 e. The second-order valence-electron chi connectivity index (χ2n) is 7.17. The number of aromatic nitrogens is 3. The third-order valence-electron chi connectivity index (χ3n) is 5.30. The number of halogens is 3. The molecule has 8 heteroatoms. The summed E-state index contributed by atoms with van der Waals surface area (Å²) in [6, 6.07) is 5.05. The maximum absolute atomic E-state index is 13.7. The van der Waals surface area contributed by atoms with E-state index in [1.165, 1.54) is 0 Å². The average molecular weight is 390 g/mol. The first-order valence-electron chi connectivity index (χ1n) is 9.43. The highest BCUT2D eigenvalue weighted by atomic mass is 19.4. The minimum absolute atomic E-state index is 0.0144. The summed E-state index contributed by atoms with van der Waals surface area (Å²) in [6.07, 6.45) is 0.975. The zero-order valence-electron chi connectivity index (χ0n) is 15.5. The fourth-order valence-electron chi connectivity index (χ4n) is 3.82. The molecule has 1 fully saturated rings. The normalized spacial score (nSPS) is 16.7. The molecule has 5 nitrogen and oxygen atoms in total. The van der Waals surface area contributed by atoms with Crippen LogP contribution in [-0.4, -0.2) is 33.1 Å². The number of nitrogens with zero attached hydrogens (tertiary/aromatic N) is 4. The molecule has 4 rings (SSSR count). The van der Waals surface area contributed by atoms with Crippen LogP contribution >= 0.6 is 0 Å². The molecule has 4 heterocycles. The topological polar surface area (TPSA) is 55.1 Å². The number of hydrogen-bond donors (Lipinski definition) is 0. The Morgan fingerprint density at radius 3 is 2.68 bits per heavy atom. The molecule has 0 aromatic carbocycles. The fraction of sp³-hybridized carbons (Fsp3) is 0.450. The van der Waals surface area contributed by atoms with E-state index in [9.17, 15) is 13.2 Å². The summed E-state index contributed by atoms with van der Waals surface area (Å²) in [6.45, 7) is 4.13. The monoisotopic (exact) mass is 390 g/mol. The van der Waals surface area contributed by atoms with Crippen molar-refractivity contribution in [2.45, 2.75) is 44.8 Å². The minimum atomic E-state index is -4.47. The Bertz CT molecular complexity index is 947. The van der Waals surface area contributed by atoms with Crippen LogP contribution in [0.5, 0.6) is 0 Å². The molecule has 0 spiro atoms. The maximum Gasteiger partial charge on any atom is 0.417 e. The molecule has 0 unspecified atom stereocenters. The number of rotatable bonds is 4. The standard InChI is InChI=1S/C20H21F3N4O/c1-2-15-10-16(20(21,22)23)17-18(26-28-19(17)25-15)14-5-8-27(9-6-14)12-13-4-3-7-24-11-13/h3-4,7,10-11,14H,2,5-6,8-9,12H2,1H3. The van der Waals surface area contributed by atoms with E-state index in [4.69, 9.17) is 4.52 Å². The van der Waals surface area contributed by atoms with E-state index in [2.05, 4.69) is 20.0 Å². The van der Waals surface area contributed by atoms with Crippen molar-refractivity contribution >= 4 is 11.1 Å². The Morgan fingerprint density at radius 1 is 1.25 bits per heavy atom. The van der Waals surface area contributed by atoms with Crippen LogP contribution in [0.1, 0.15) is 48.2 Å². The van der Waals surface area contributed by atoms with Gasteiger partial charge in [-0.1, -0.05) is 18.1 Å². The molecule has 3 aromatic rings. The lowest BCUT2D eigenvalue weighted by Crippen LogP contribution is -2.32. The van der Waals surface area contributed by atoms with Crippen LogP contribution in [0, 0.1) is 0 Å². The Kier molecular flexibility index (Phi) is 5.05. The fourth-order valence-corrected chi connectivity index (χ4v) is 3.82. The molecule has 0 saturated carbocycles. The second kappa shape index (κ2) is 7.50. The van der Waals surface area contributed by atoms with Crippen LogP contribution in [0.4, 0.5) is 13.2 Å². The molecule has 0 aliphatic carbocycles. The second-order valence-corrected chi connectivity index (χ2v) is 7.17. The molecule has 0 radical (unpaired) electrons. The van der Waals surface area contributed by atoms with Gasteiger partial charge in [0.1, 0.15) is 0 Å². The van der Waals surface area contributed by atoms with Gasteiger partial charge in [0.05, 0.1) is 16.6 Å². The number of piperidine rings is 1. The van der Waals surface area contributed by atoms with E-state index in [0.717, 1.165) is 44.1 Å². The average Bonchev–Trinajstić information content (AvgIpc) is 3.11. The highest BCUT2D eigenvalue weighted by Gasteiger charge is 2.37. The van der Waals surface area contributed by atoms with E-state index in [1.807, 2.05) is 18.3 Å². The summed E-state index contributed by atoms with van der Waals surface area (Å²) >= 11 is 0. The number of pyridine rings is 2. The molecule has 0 bridgehead atoms. The Balaban J connectivity index is 1.57.